The molecule has 2 atom stereocenters. The van der Waals surface area contributed by atoms with Crippen molar-refractivity contribution in [2.45, 2.75) is 32.6 Å². The molecule has 3 rings (SSSR count). The molecule has 2 unspecified atom stereocenters. The van der Waals surface area contributed by atoms with Gasteiger partial charge in [0.15, 0.2) is 6.29 Å². The fourth-order valence-corrected chi connectivity index (χ4v) is 2.63. The Kier molecular flexibility index (Phi) is 4.30. The van der Waals surface area contributed by atoms with E-state index in [1.54, 1.807) is 19.1 Å². The highest BCUT2D eigenvalue weighted by Crippen LogP contribution is 2.18. The predicted molar refractivity (Wildman–Crippen MR) is 85.7 cm³/mol. The first-order valence-corrected chi connectivity index (χ1v) is 7.61. The van der Waals surface area contributed by atoms with E-state index in [9.17, 15) is 14.0 Å². The van der Waals surface area contributed by atoms with Crippen LogP contribution in [0.25, 0.3) is 0 Å². The van der Waals surface area contributed by atoms with E-state index >= 15 is 0 Å². The molecule has 24 heavy (non-hydrogen) atoms. The van der Waals surface area contributed by atoms with Crippen molar-refractivity contribution in [1.82, 2.24) is 20.4 Å². The van der Waals surface area contributed by atoms with Gasteiger partial charge in [-0.2, -0.15) is 5.10 Å². The van der Waals surface area contributed by atoms with Gasteiger partial charge in [0.1, 0.15) is 11.6 Å². The lowest BCUT2D eigenvalue weighted by Crippen LogP contribution is -2.52. The molecular weight excluding hydrogens is 313 g/mol. The van der Waals surface area contributed by atoms with E-state index in [0.29, 0.717) is 17.9 Å². The minimum Gasteiger partial charge on any atom is -0.322 e. The second-order valence-corrected chi connectivity index (χ2v) is 5.79. The average molecular weight is 331 g/mol. The van der Waals surface area contributed by atoms with Gasteiger partial charge in [0.25, 0.3) is 5.91 Å². The number of hydrogen-bond donors (Lipinski definition) is 3. The number of nitrogens with zero attached hydrogens (tertiary/aromatic N) is 2. The van der Waals surface area contributed by atoms with Gasteiger partial charge in [0.05, 0.1) is 11.3 Å². The summed E-state index contributed by atoms with van der Waals surface area (Å²) in [5, 5.41) is 12.9. The summed E-state index contributed by atoms with van der Waals surface area (Å²) >= 11 is 0. The van der Waals surface area contributed by atoms with E-state index in [1.807, 2.05) is 6.92 Å². The van der Waals surface area contributed by atoms with Crippen molar-refractivity contribution in [3.05, 3.63) is 47.4 Å². The quantitative estimate of drug-likeness (QED) is 0.796. The second kappa shape index (κ2) is 6.40. The summed E-state index contributed by atoms with van der Waals surface area (Å²) in [6, 6.07) is 7.37. The first kappa shape index (κ1) is 16.1. The Labute approximate surface area is 138 Å². The summed E-state index contributed by atoms with van der Waals surface area (Å²) in [6.07, 6.45) is -0.209. The molecule has 2 amide bonds. The second-order valence-electron chi connectivity index (χ2n) is 5.79. The van der Waals surface area contributed by atoms with Gasteiger partial charge in [-0.25, -0.2) is 9.07 Å². The smallest absolute Gasteiger partial charge is 0.259 e. The number of aromatic nitrogens is 2. The maximum absolute atomic E-state index is 13.8. The van der Waals surface area contributed by atoms with E-state index in [2.05, 4.69) is 21.0 Å². The molecule has 126 valence electrons. The Morgan fingerprint density at radius 1 is 1.42 bits per heavy atom. The topological polar surface area (TPSA) is 88.0 Å². The zero-order chi connectivity index (χ0) is 17.3. The van der Waals surface area contributed by atoms with Crippen molar-refractivity contribution in [2.75, 3.05) is 5.32 Å². The number of rotatable bonds is 3. The van der Waals surface area contributed by atoms with E-state index in [1.165, 1.54) is 22.9 Å². The minimum absolute atomic E-state index is 0.0247. The molecule has 1 fully saturated rings. The lowest BCUT2D eigenvalue weighted by atomic mass is 10.2. The number of hydrogen-bond acceptors (Lipinski definition) is 4. The van der Waals surface area contributed by atoms with Crippen molar-refractivity contribution in [1.29, 1.82) is 0 Å². The molecule has 1 aromatic carbocycles. The third-order valence-corrected chi connectivity index (χ3v) is 3.69. The van der Waals surface area contributed by atoms with Gasteiger partial charge < -0.3 is 10.6 Å². The van der Waals surface area contributed by atoms with E-state index in [0.717, 1.165) is 0 Å². The summed E-state index contributed by atoms with van der Waals surface area (Å²) < 4.78 is 15.2. The number of halogens is 1. The van der Waals surface area contributed by atoms with Crippen LogP contribution < -0.4 is 16.0 Å². The summed E-state index contributed by atoms with van der Waals surface area (Å²) in [5.74, 6) is -0.918. The van der Waals surface area contributed by atoms with E-state index < -0.39 is 18.0 Å². The van der Waals surface area contributed by atoms with Gasteiger partial charge in [-0.1, -0.05) is 12.1 Å². The standard InChI is InChI=1S/C16H18FN5O2/c1-9-8-14(23)20-16(18-9)22-13(7-10(2)21-22)19-15(24)11-5-3-4-6-12(11)17/h3-7,9,16,18H,8H2,1-2H3,(H,19,24)(H,20,23). The molecule has 1 aromatic heterocycles. The van der Waals surface area contributed by atoms with Gasteiger partial charge in [-0.3, -0.25) is 14.9 Å². The van der Waals surface area contributed by atoms with Gasteiger partial charge in [0.2, 0.25) is 5.91 Å². The minimum atomic E-state index is -0.601. The fourth-order valence-electron chi connectivity index (χ4n) is 2.63. The van der Waals surface area contributed by atoms with E-state index in [-0.39, 0.29) is 17.5 Å². The lowest BCUT2D eigenvalue weighted by Gasteiger charge is -2.30. The van der Waals surface area contributed by atoms with Crippen LogP contribution in [0.2, 0.25) is 0 Å². The van der Waals surface area contributed by atoms with Crippen LogP contribution in [0.15, 0.2) is 30.3 Å². The highest BCUT2D eigenvalue weighted by Gasteiger charge is 2.27. The maximum atomic E-state index is 13.8. The molecule has 0 bridgehead atoms. The van der Waals surface area contributed by atoms with Gasteiger partial charge in [-0.05, 0) is 26.0 Å². The normalized spacial score (nSPS) is 20.5. The largest absolute Gasteiger partial charge is 0.322 e. The first-order chi connectivity index (χ1) is 11.4. The lowest BCUT2D eigenvalue weighted by molar-refractivity contribution is -0.125. The molecule has 3 N–H and O–H groups in total. The fraction of sp³-hybridized carbons (Fsp3) is 0.312. The molecule has 2 heterocycles. The number of benzene rings is 1. The number of carbonyl (C=O) groups is 2. The van der Waals surface area contributed by atoms with Crippen molar-refractivity contribution in [2.24, 2.45) is 0 Å². The van der Waals surface area contributed by atoms with Crippen molar-refractivity contribution in [3.8, 4) is 0 Å². The Hall–Kier alpha value is -2.74. The third kappa shape index (κ3) is 3.28. The van der Waals surface area contributed by atoms with Crippen LogP contribution in [0.4, 0.5) is 10.2 Å². The molecular formula is C16H18FN5O2. The molecule has 2 aromatic rings. The molecule has 1 saturated heterocycles. The average Bonchev–Trinajstić information content (AvgIpc) is 2.87. The van der Waals surface area contributed by atoms with Crippen LogP contribution in [0.5, 0.6) is 0 Å². The van der Waals surface area contributed by atoms with Gasteiger partial charge in [-0.15, -0.1) is 0 Å². The highest BCUT2D eigenvalue weighted by atomic mass is 19.1. The van der Waals surface area contributed by atoms with Crippen LogP contribution in [0.3, 0.4) is 0 Å². The zero-order valence-corrected chi connectivity index (χ0v) is 13.3. The number of aryl methyl sites for hydroxylation is 1. The summed E-state index contributed by atoms with van der Waals surface area (Å²) in [6.45, 7) is 3.66. The molecule has 0 aliphatic carbocycles. The molecule has 1 aliphatic rings. The first-order valence-electron chi connectivity index (χ1n) is 7.61. The third-order valence-electron chi connectivity index (χ3n) is 3.69. The molecule has 8 heteroatoms. The Balaban J connectivity index is 1.86. The molecule has 0 saturated carbocycles. The van der Waals surface area contributed by atoms with Crippen molar-refractivity contribution < 1.29 is 14.0 Å². The predicted octanol–water partition coefficient (Wildman–Crippen LogP) is 1.54. The summed E-state index contributed by atoms with van der Waals surface area (Å²) in [7, 11) is 0. The number of amides is 2. The van der Waals surface area contributed by atoms with Crippen LogP contribution in [0.1, 0.15) is 35.7 Å². The maximum Gasteiger partial charge on any atom is 0.259 e. The molecule has 0 spiro atoms. The Morgan fingerprint density at radius 2 is 2.17 bits per heavy atom. The van der Waals surface area contributed by atoms with Crippen LogP contribution >= 0.6 is 0 Å². The zero-order valence-electron chi connectivity index (χ0n) is 13.3. The summed E-state index contributed by atoms with van der Waals surface area (Å²) in [5.41, 5.74) is 0.602. The van der Waals surface area contributed by atoms with E-state index in [4.69, 9.17) is 0 Å². The number of carbonyl (C=O) groups excluding carboxylic acids is 2. The number of nitrogens with one attached hydrogen (secondary N) is 3. The van der Waals surface area contributed by atoms with Crippen LogP contribution in [-0.4, -0.2) is 27.6 Å². The number of anilines is 1. The Bertz CT molecular complexity index is 789. The molecule has 0 radical (unpaired) electrons. The van der Waals surface area contributed by atoms with Crippen LogP contribution in [0, 0.1) is 12.7 Å². The van der Waals surface area contributed by atoms with Crippen molar-refractivity contribution in [3.63, 3.8) is 0 Å². The van der Waals surface area contributed by atoms with Crippen LogP contribution in [-0.2, 0) is 4.79 Å². The monoisotopic (exact) mass is 331 g/mol. The SMILES string of the molecule is Cc1cc(NC(=O)c2ccccc2F)n(C2NC(=O)CC(C)N2)n1. The van der Waals surface area contributed by atoms with Gasteiger partial charge >= 0.3 is 0 Å². The summed E-state index contributed by atoms with van der Waals surface area (Å²) in [4.78, 5) is 24.0. The van der Waals surface area contributed by atoms with Crippen molar-refractivity contribution >= 4 is 17.6 Å². The highest BCUT2D eigenvalue weighted by molar-refractivity contribution is 6.04. The Morgan fingerprint density at radius 3 is 2.88 bits per heavy atom. The molecule has 7 nitrogen and oxygen atoms in total. The molecule has 1 aliphatic heterocycles. The van der Waals surface area contributed by atoms with Gasteiger partial charge in [0, 0.05) is 18.5 Å².